The van der Waals surface area contributed by atoms with Crippen molar-refractivity contribution < 1.29 is 37.3 Å². The van der Waals surface area contributed by atoms with Crippen LogP contribution in [0.3, 0.4) is 0 Å². The van der Waals surface area contributed by atoms with E-state index in [2.05, 4.69) is 50.4 Å². The zero-order valence-electron chi connectivity index (χ0n) is 56.2. The van der Waals surface area contributed by atoms with E-state index in [0.29, 0.717) is 17.4 Å². The number of amides is 1. The summed E-state index contributed by atoms with van der Waals surface area (Å²) in [4.78, 5) is 37.9. The van der Waals surface area contributed by atoms with Crippen LogP contribution < -0.4 is 5.32 Å². The maximum Gasteiger partial charge on any atom is 0.472 e. The van der Waals surface area contributed by atoms with Gasteiger partial charge in [0.25, 0.3) is 0 Å². The molecule has 3 atom stereocenters. The molecule has 10 heteroatoms. The molecular weight excluding hydrogens is 1050 g/mol. The first-order valence-electron chi connectivity index (χ1n) is 36.3. The third-order valence-electron chi connectivity index (χ3n) is 16.6. The number of phosphoric ester groups is 1. The van der Waals surface area contributed by atoms with E-state index in [1.54, 1.807) is 0 Å². The lowest BCUT2D eigenvalue weighted by molar-refractivity contribution is -0.870. The molecule has 0 spiro atoms. The second kappa shape index (κ2) is 63.3. The molecule has 0 saturated heterocycles. The summed E-state index contributed by atoms with van der Waals surface area (Å²) in [5.74, 6) is -0.494. The number of esters is 1. The van der Waals surface area contributed by atoms with Crippen molar-refractivity contribution in [3.05, 3.63) is 36.5 Å². The first-order valence-corrected chi connectivity index (χ1v) is 37.8. The molecule has 0 fully saturated rings. The molecule has 2 N–H and O–H groups in total. The van der Waals surface area contributed by atoms with Gasteiger partial charge >= 0.3 is 13.8 Å². The number of likely N-dealkylation sites (N-methyl/N-ethyl adjacent to an activating group) is 1. The van der Waals surface area contributed by atoms with E-state index in [1.807, 2.05) is 33.3 Å². The fourth-order valence-electron chi connectivity index (χ4n) is 11.0. The van der Waals surface area contributed by atoms with Gasteiger partial charge in [-0.05, 0) is 63.9 Å². The highest BCUT2D eigenvalue weighted by molar-refractivity contribution is 7.47. The number of nitrogens with one attached hydrogen (secondary N) is 1. The number of hydrogen-bond acceptors (Lipinski definition) is 6. The quantitative estimate of drug-likeness (QED) is 0.0205. The number of quaternary nitrogens is 1. The number of nitrogens with zero attached hydrogens (tertiary/aromatic N) is 1. The van der Waals surface area contributed by atoms with Crippen LogP contribution >= 0.6 is 7.82 Å². The summed E-state index contributed by atoms with van der Waals surface area (Å²) in [6.07, 6.45) is 78.8. The monoisotopic (exact) mass is 1190 g/mol. The summed E-state index contributed by atoms with van der Waals surface area (Å²) < 4.78 is 30.8. The summed E-state index contributed by atoms with van der Waals surface area (Å²) in [6, 6.07) is -0.849. The number of unbranched alkanes of at least 4 members (excludes halogenated alkanes) is 47. The molecule has 0 radical (unpaired) electrons. The number of phosphoric acid groups is 1. The van der Waals surface area contributed by atoms with Crippen LogP contribution in [0.1, 0.15) is 367 Å². The van der Waals surface area contributed by atoms with Gasteiger partial charge in [0.15, 0.2) is 0 Å². The second-order valence-corrected chi connectivity index (χ2v) is 27.6. The topological polar surface area (TPSA) is 111 Å². The Bertz CT molecular complexity index is 1510. The first-order chi connectivity index (χ1) is 40.4. The largest absolute Gasteiger partial charge is 0.472 e. The minimum atomic E-state index is -4.45. The van der Waals surface area contributed by atoms with Gasteiger partial charge in [0.05, 0.1) is 33.8 Å². The van der Waals surface area contributed by atoms with Gasteiger partial charge in [0.1, 0.15) is 19.3 Å². The summed E-state index contributed by atoms with van der Waals surface area (Å²) in [7, 11) is 1.51. The molecule has 0 aromatic carbocycles. The van der Waals surface area contributed by atoms with Crippen molar-refractivity contribution in [1.29, 1.82) is 0 Å². The molecule has 0 saturated carbocycles. The van der Waals surface area contributed by atoms with E-state index in [4.69, 9.17) is 13.8 Å². The molecule has 0 aromatic heterocycles. The van der Waals surface area contributed by atoms with Crippen LogP contribution in [0.25, 0.3) is 0 Å². The molecule has 83 heavy (non-hydrogen) atoms. The van der Waals surface area contributed by atoms with Crippen LogP contribution in [0, 0.1) is 0 Å². The lowest BCUT2D eigenvalue weighted by Crippen LogP contribution is -2.47. The van der Waals surface area contributed by atoms with E-state index in [9.17, 15) is 19.0 Å². The zero-order valence-corrected chi connectivity index (χ0v) is 57.1. The lowest BCUT2D eigenvalue weighted by atomic mass is 10.0. The number of hydrogen-bond donors (Lipinski definition) is 2. The lowest BCUT2D eigenvalue weighted by Gasteiger charge is -2.27. The molecule has 0 heterocycles. The molecular formula is C73H142N2O7P+. The number of carbonyl (C=O) groups is 2. The Kier molecular flexibility index (Phi) is 61.9. The Morgan fingerprint density at radius 1 is 0.422 bits per heavy atom. The van der Waals surface area contributed by atoms with Crippen molar-refractivity contribution in [1.82, 2.24) is 5.32 Å². The number of carbonyl (C=O) groups excluding carboxylic acids is 2. The van der Waals surface area contributed by atoms with Crippen LogP contribution in [-0.2, 0) is 27.9 Å². The highest BCUT2D eigenvalue weighted by Gasteiger charge is 2.30. The number of ether oxygens (including phenoxy) is 1. The van der Waals surface area contributed by atoms with Crippen molar-refractivity contribution in [2.24, 2.45) is 0 Å². The van der Waals surface area contributed by atoms with Gasteiger partial charge in [-0.2, -0.15) is 0 Å². The molecule has 0 aromatic rings. The smallest absolute Gasteiger partial charge is 0.456 e. The molecule has 0 aliphatic heterocycles. The molecule has 3 unspecified atom stereocenters. The minimum Gasteiger partial charge on any atom is -0.456 e. The van der Waals surface area contributed by atoms with Crippen molar-refractivity contribution >= 4 is 19.7 Å². The summed E-state index contributed by atoms with van der Waals surface area (Å²) in [6.45, 7) is 7.05. The SMILES string of the molecule is CCCCC/C=C\C/C=C\CCCCCCCCCC(=O)OC(/C=C\CCCCCCCCCCCCC)C(COP(=O)(O)OCC[N+](C)(C)C)NC(=O)CCCCCCCCCCCCCCCCCCCCCCCCCCCCC. The van der Waals surface area contributed by atoms with E-state index < -0.39 is 20.0 Å². The normalized spacial score (nSPS) is 13.7. The van der Waals surface area contributed by atoms with Crippen LogP contribution in [-0.4, -0.2) is 74.3 Å². The Morgan fingerprint density at radius 2 is 0.735 bits per heavy atom. The predicted molar refractivity (Wildman–Crippen MR) is 360 cm³/mol. The third kappa shape index (κ3) is 64.5. The van der Waals surface area contributed by atoms with Gasteiger partial charge < -0.3 is 19.4 Å². The van der Waals surface area contributed by atoms with Crippen LogP contribution in [0.15, 0.2) is 36.5 Å². The molecule has 0 bridgehead atoms. The average Bonchev–Trinajstić information content (AvgIpc) is 3.47. The van der Waals surface area contributed by atoms with Crippen molar-refractivity contribution in [3.63, 3.8) is 0 Å². The van der Waals surface area contributed by atoms with E-state index in [0.717, 1.165) is 77.0 Å². The molecule has 0 aliphatic carbocycles. The van der Waals surface area contributed by atoms with Gasteiger partial charge in [-0.15, -0.1) is 0 Å². The minimum absolute atomic E-state index is 0.0416. The fraction of sp³-hybridized carbons (Fsp3) is 0.890. The van der Waals surface area contributed by atoms with Crippen molar-refractivity contribution in [2.45, 2.75) is 380 Å². The highest BCUT2D eigenvalue weighted by Crippen LogP contribution is 2.43. The van der Waals surface area contributed by atoms with Gasteiger partial charge in [-0.25, -0.2) is 4.57 Å². The highest BCUT2D eigenvalue weighted by atomic mass is 31.2. The van der Waals surface area contributed by atoms with Gasteiger partial charge in [-0.1, -0.05) is 327 Å². The van der Waals surface area contributed by atoms with Crippen LogP contribution in [0.5, 0.6) is 0 Å². The summed E-state index contributed by atoms with van der Waals surface area (Å²) >= 11 is 0. The maximum atomic E-state index is 13.6. The molecule has 0 rings (SSSR count). The van der Waals surface area contributed by atoms with Crippen molar-refractivity contribution in [3.8, 4) is 0 Å². The van der Waals surface area contributed by atoms with E-state index in [1.165, 1.54) is 257 Å². The third-order valence-corrected chi connectivity index (χ3v) is 17.6. The fourth-order valence-corrected chi connectivity index (χ4v) is 11.7. The number of rotatable bonds is 67. The molecule has 0 aliphatic rings. The van der Waals surface area contributed by atoms with Crippen LogP contribution in [0.4, 0.5) is 0 Å². The predicted octanol–water partition coefficient (Wildman–Crippen LogP) is 23.0. The summed E-state index contributed by atoms with van der Waals surface area (Å²) in [5.41, 5.74) is 0. The standard InChI is InChI=1S/C73H141N2O7P/c1-7-10-13-16-19-22-25-28-30-32-33-34-35-36-37-38-39-40-41-43-44-47-50-53-56-59-62-65-72(76)74-70(69-81-83(78,79)80-68-67-75(4,5)6)71(64-61-58-55-52-49-46-27-24-21-18-15-12-9-3)82-73(77)66-63-60-57-54-51-48-45-42-31-29-26-23-20-17-14-11-8-2/h20,23,29,31,61,64,70-71H,7-19,21-22,24-28,30,32-60,62-63,65-69H2,1-6H3,(H-,74,76,78,79)/p+1/b23-20-,31-29-,64-61-. The molecule has 9 nitrogen and oxygen atoms in total. The first kappa shape index (κ1) is 81.2. The Balaban J connectivity index is 5.00. The summed E-state index contributed by atoms with van der Waals surface area (Å²) in [5, 5.41) is 3.08. The van der Waals surface area contributed by atoms with E-state index >= 15 is 0 Å². The Hall–Kier alpha value is -1.77. The van der Waals surface area contributed by atoms with Gasteiger partial charge in [0, 0.05) is 12.8 Å². The zero-order chi connectivity index (χ0) is 60.7. The van der Waals surface area contributed by atoms with Crippen molar-refractivity contribution in [2.75, 3.05) is 40.9 Å². The average molecular weight is 1190 g/mol. The number of allylic oxidation sites excluding steroid dienone is 5. The van der Waals surface area contributed by atoms with Gasteiger partial charge in [-0.3, -0.25) is 18.6 Å². The molecule has 490 valence electrons. The van der Waals surface area contributed by atoms with E-state index in [-0.39, 0.29) is 31.5 Å². The van der Waals surface area contributed by atoms with Crippen LogP contribution in [0.2, 0.25) is 0 Å². The van der Waals surface area contributed by atoms with Gasteiger partial charge in [0.2, 0.25) is 5.91 Å². The maximum absolute atomic E-state index is 13.6. The Morgan fingerprint density at radius 3 is 1.11 bits per heavy atom. The second-order valence-electron chi connectivity index (χ2n) is 26.1. The Labute approximate surface area is 516 Å². The molecule has 1 amide bonds.